The molecular formula is C14H14N2O4S. The van der Waals surface area contributed by atoms with Crippen LogP contribution in [0.5, 0.6) is 0 Å². The first-order valence-corrected chi connectivity index (χ1v) is 7.07. The van der Waals surface area contributed by atoms with Crippen LogP contribution in [-0.2, 0) is 16.1 Å². The molecule has 1 aromatic heterocycles. The first-order chi connectivity index (χ1) is 10.1. The van der Waals surface area contributed by atoms with Crippen molar-refractivity contribution in [1.82, 2.24) is 9.69 Å². The molecule has 1 amide bonds. The number of nitrogens with one attached hydrogen (secondary N) is 1. The average molecular weight is 306 g/mol. The number of carbonyl (C=O) groups is 2. The SMILES string of the molecule is O=C(O)C[C@@H](NC(=O)OCc1ccccc1)c1cnsc1. The molecule has 6 nitrogen and oxygen atoms in total. The normalized spacial score (nSPS) is 11.6. The Kier molecular flexibility index (Phi) is 5.28. The number of nitrogens with zero attached hydrogens (tertiary/aromatic N) is 1. The maximum Gasteiger partial charge on any atom is 0.407 e. The van der Waals surface area contributed by atoms with E-state index in [1.54, 1.807) is 5.38 Å². The van der Waals surface area contributed by atoms with Crippen molar-refractivity contribution in [2.45, 2.75) is 19.1 Å². The number of carboxylic acid groups (broad SMARTS) is 1. The second-order valence-electron chi connectivity index (χ2n) is 4.31. The van der Waals surface area contributed by atoms with Gasteiger partial charge in [-0.3, -0.25) is 4.79 Å². The molecular weight excluding hydrogens is 292 g/mol. The number of ether oxygens (including phenoxy) is 1. The number of alkyl carbamates (subject to hydrolysis) is 1. The van der Waals surface area contributed by atoms with E-state index in [4.69, 9.17) is 9.84 Å². The Morgan fingerprint density at radius 1 is 1.33 bits per heavy atom. The lowest BCUT2D eigenvalue weighted by molar-refractivity contribution is -0.137. The van der Waals surface area contributed by atoms with Gasteiger partial charge in [0.2, 0.25) is 0 Å². The number of amides is 1. The van der Waals surface area contributed by atoms with E-state index in [0.717, 1.165) is 5.56 Å². The summed E-state index contributed by atoms with van der Waals surface area (Å²) < 4.78 is 8.99. The van der Waals surface area contributed by atoms with Gasteiger partial charge in [0.25, 0.3) is 0 Å². The van der Waals surface area contributed by atoms with Crippen molar-refractivity contribution in [3.05, 3.63) is 53.0 Å². The lowest BCUT2D eigenvalue weighted by atomic mass is 10.1. The minimum absolute atomic E-state index is 0.133. The van der Waals surface area contributed by atoms with Crippen LogP contribution in [0, 0.1) is 0 Å². The third-order valence-corrected chi connectivity index (χ3v) is 3.34. The standard InChI is InChI=1S/C14H14N2O4S/c17-13(18)6-12(11-7-15-21-9-11)16-14(19)20-8-10-4-2-1-3-5-10/h1-5,7,9,12H,6,8H2,(H,16,19)(H,17,18)/t12-/m1/s1. The summed E-state index contributed by atoms with van der Waals surface area (Å²) in [5.41, 5.74) is 1.51. The average Bonchev–Trinajstić information content (AvgIpc) is 2.99. The molecule has 0 fully saturated rings. The van der Waals surface area contributed by atoms with E-state index in [-0.39, 0.29) is 13.0 Å². The molecule has 1 heterocycles. The fraction of sp³-hybridized carbons (Fsp3) is 0.214. The highest BCUT2D eigenvalue weighted by atomic mass is 32.1. The summed E-state index contributed by atoms with van der Waals surface area (Å²) >= 11 is 1.20. The summed E-state index contributed by atoms with van der Waals surface area (Å²) in [6.45, 7) is 0.133. The van der Waals surface area contributed by atoms with Gasteiger partial charge < -0.3 is 15.2 Å². The molecule has 2 N–H and O–H groups in total. The second kappa shape index (κ2) is 7.39. The van der Waals surface area contributed by atoms with Gasteiger partial charge in [0.1, 0.15) is 6.61 Å². The largest absolute Gasteiger partial charge is 0.481 e. The van der Waals surface area contributed by atoms with Crippen molar-refractivity contribution in [3.8, 4) is 0 Å². The zero-order chi connectivity index (χ0) is 15.1. The van der Waals surface area contributed by atoms with Gasteiger partial charge in [0.15, 0.2) is 0 Å². The van der Waals surface area contributed by atoms with E-state index in [1.165, 1.54) is 17.7 Å². The van der Waals surface area contributed by atoms with Gasteiger partial charge in [-0.15, -0.1) is 0 Å². The molecule has 2 rings (SSSR count). The highest BCUT2D eigenvalue weighted by Gasteiger charge is 2.19. The summed E-state index contributed by atoms with van der Waals surface area (Å²) in [5, 5.41) is 13.1. The fourth-order valence-corrected chi connectivity index (χ4v) is 2.31. The summed E-state index contributed by atoms with van der Waals surface area (Å²) in [7, 11) is 0. The number of aliphatic carboxylic acids is 1. The molecule has 0 bridgehead atoms. The van der Waals surface area contributed by atoms with Gasteiger partial charge >= 0.3 is 12.1 Å². The highest BCUT2D eigenvalue weighted by molar-refractivity contribution is 7.03. The Morgan fingerprint density at radius 2 is 2.10 bits per heavy atom. The predicted octanol–water partition coefficient (Wildman–Crippen LogP) is 2.59. The van der Waals surface area contributed by atoms with Crippen molar-refractivity contribution in [3.63, 3.8) is 0 Å². The number of hydrogen-bond acceptors (Lipinski definition) is 5. The van der Waals surface area contributed by atoms with E-state index >= 15 is 0 Å². The minimum Gasteiger partial charge on any atom is -0.481 e. The maximum atomic E-state index is 11.8. The number of carboxylic acids is 1. The topological polar surface area (TPSA) is 88.5 Å². The van der Waals surface area contributed by atoms with Gasteiger partial charge in [0, 0.05) is 17.1 Å². The smallest absolute Gasteiger partial charge is 0.407 e. The summed E-state index contributed by atoms with van der Waals surface area (Å²) in [4.78, 5) is 22.6. The zero-order valence-corrected chi connectivity index (χ0v) is 11.9. The Balaban J connectivity index is 1.90. The van der Waals surface area contributed by atoms with Gasteiger partial charge in [-0.05, 0) is 17.1 Å². The first kappa shape index (κ1) is 15.0. The van der Waals surface area contributed by atoms with Crippen LogP contribution in [0.3, 0.4) is 0 Å². The van der Waals surface area contributed by atoms with Crippen LogP contribution in [0.4, 0.5) is 4.79 Å². The highest BCUT2D eigenvalue weighted by Crippen LogP contribution is 2.18. The van der Waals surface area contributed by atoms with Crippen molar-refractivity contribution in [2.75, 3.05) is 0 Å². The van der Waals surface area contributed by atoms with E-state index in [2.05, 4.69) is 9.69 Å². The molecule has 0 saturated heterocycles. The molecule has 2 aromatic rings. The Morgan fingerprint density at radius 3 is 2.71 bits per heavy atom. The van der Waals surface area contributed by atoms with E-state index in [1.807, 2.05) is 30.3 Å². The Labute approximate surface area is 125 Å². The Hall–Kier alpha value is -2.41. The van der Waals surface area contributed by atoms with Crippen molar-refractivity contribution in [2.24, 2.45) is 0 Å². The van der Waals surface area contributed by atoms with Crippen LogP contribution in [0.15, 0.2) is 41.9 Å². The predicted molar refractivity (Wildman–Crippen MR) is 76.9 cm³/mol. The molecule has 0 radical (unpaired) electrons. The summed E-state index contributed by atoms with van der Waals surface area (Å²) in [5.74, 6) is -1.01. The molecule has 0 aliphatic heterocycles. The second-order valence-corrected chi connectivity index (χ2v) is 4.97. The molecule has 1 atom stereocenters. The Bertz CT molecular complexity index is 586. The molecule has 21 heavy (non-hydrogen) atoms. The zero-order valence-electron chi connectivity index (χ0n) is 11.1. The van der Waals surface area contributed by atoms with Gasteiger partial charge in [-0.1, -0.05) is 30.3 Å². The summed E-state index contributed by atoms with van der Waals surface area (Å²) in [6.07, 6.45) is 0.658. The monoisotopic (exact) mass is 306 g/mol. The minimum atomic E-state index is -1.01. The van der Waals surface area contributed by atoms with Gasteiger partial charge in [0.05, 0.1) is 12.5 Å². The lowest BCUT2D eigenvalue weighted by Gasteiger charge is -2.15. The number of benzene rings is 1. The molecule has 0 aliphatic rings. The molecule has 0 aliphatic carbocycles. The first-order valence-electron chi connectivity index (χ1n) is 6.23. The molecule has 7 heteroatoms. The molecule has 0 spiro atoms. The van der Waals surface area contributed by atoms with Crippen LogP contribution >= 0.6 is 11.5 Å². The summed E-state index contributed by atoms with van der Waals surface area (Å²) in [6, 6.07) is 8.59. The number of carbonyl (C=O) groups excluding carboxylic acids is 1. The van der Waals surface area contributed by atoms with Crippen LogP contribution in [-0.4, -0.2) is 21.5 Å². The van der Waals surface area contributed by atoms with E-state index in [0.29, 0.717) is 5.56 Å². The quantitative estimate of drug-likeness (QED) is 0.856. The van der Waals surface area contributed by atoms with Gasteiger partial charge in [-0.2, -0.15) is 0 Å². The maximum absolute atomic E-state index is 11.8. The van der Waals surface area contributed by atoms with Crippen LogP contribution in [0.1, 0.15) is 23.6 Å². The fourth-order valence-electron chi connectivity index (χ4n) is 1.72. The van der Waals surface area contributed by atoms with E-state index in [9.17, 15) is 9.59 Å². The number of aromatic nitrogens is 1. The molecule has 0 saturated carbocycles. The van der Waals surface area contributed by atoms with Crippen molar-refractivity contribution < 1.29 is 19.4 Å². The third-order valence-electron chi connectivity index (χ3n) is 2.74. The van der Waals surface area contributed by atoms with E-state index < -0.39 is 18.1 Å². The van der Waals surface area contributed by atoms with Crippen LogP contribution in [0.2, 0.25) is 0 Å². The third kappa shape index (κ3) is 4.88. The molecule has 0 unspecified atom stereocenters. The number of rotatable bonds is 6. The number of hydrogen-bond donors (Lipinski definition) is 2. The molecule has 1 aromatic carbocycles. The lowest BCUT2D eigenvalue weighted by Crippen LogP contribution is -2.30. The van der Waals surface area contributed by atoms with Crippen LogP contribution in [0.25, 0.3) is 0 Å². The van der Waals surface area contributed by atoms with Gasteiger partial charge in [-0.25, -0.2) is 9.17 Å². The van der Waals surface area contributed by atoms with Crippen molar-refractivity contribution >= 4 is 23.6 Å². The van der Waals surface area contributed by atoms with Crippen LogP contribution < -0.4 is 5.32 Å². The molecule has 110 valence electrons. The van der Waals surface area contributed by atoms with Crippen molar-refractivity contribution in [1.29, 1.82) is 0 Å².